The number of rotatable bonds is 3. The van der Waals surface area contributed by atoms with Gasteiger partial charge in [0, 0.05) is 25.4 Å². The van der Waals surface area contributed by atoms with Gasteiger partial charge >= 0.3 is 6.18 Å². The predicted molar refractivity (Wildman–Crippen MR) is 61.4 cm³/mol. The molecule has 2 rings (SSSR count). The van der Waals surface area contributed by atoms with E-state index in [0.29, 0.717) is 13.1 Å². The summed E-state index contributed by atoms with van der Waals surface area (Å²) >= 11 is 0. The second-order valence-corrected chi connectivity index (χ2v) is 4.50. The molecular formula is C12H15F3N2O. The average Bonchev–Trinajstić information content (AvgIpc) is 2.79. The Kier molecular flexibility index (Phi) is 3.75. The molecule has 0 atom stereocenters. The summed E-state index contributed by atoms with van der Waals surface area (Å²) in [7, 11) is 0. The molecule has 18 heavy (non-hydrogen) atoms. The van der Waals surface area contributed by atoms with Crippen LogP contribution < -0.4 is 5.56 Å². The number of nitrogens with zero attached hydrogens (tertiary/aromatic N) is 2. The SMILES string of the molecule is O=c1ccc(C(F)(F)F)cn1CCN1CCCC1. The van der Waals surface area contributed by atoms with Crippen molar-refractivity contribution < 1.29 is 13.2 Å². The van der Waals surface area contributed by atoms with Crippen molar-refractivity contribution in [3.63, 3.8) is 0 Å². The second kappa shape index (κ2) is 5.14. The third-order valence-corrected chi connectivity index (χ3v) is 3.17. The first kappa shape index (κ1) is 13.1. The maximum Gasteiger partial charge on any atom is 0.417 e. The number of hydrogen-bond acceptors (Lipinski definition) is 2. The minimum atomic E-state index is -4.40. The van der Waals surface area contributed by atoms with Crippen LogP contribution in [0.3, 0.4) is 0 Å². The fourth-order valence-electron chi connectivity index (χ4n) is 2.13. The van der Waals surface area contributed by atoms with E-state index in [0.717, 1.165) is 48.8 Å². The van der Waals surface area contributed by atoms with E-state index in [1.807, 2.05) is 0 Å². The first-order valence-corrected chi connectivity index (χ1v) is 5.97. The van der Waals surface area contributed by atoms with Crippen molar-refractivity contribution in [1.29, 1.82) is 0 Å². The first-order valence-electron chi connectivity index (χ1n) is 5.97. The highest BCUT2D eigenvalue weighted by Crippen LogP contribution is 2.27. The molecular weight excluding hydrogens is 245 g/mol. The fourth-order valence-corrected chi connectivity index (χ4v) is 2.13. The van der Waals surface area contributed by atoms with Crippen LogP contribution in [0, 0.1) is 0 Å². The van der Waals surface area contributed by atoms with E-state index in [9.17, 15) is 18.0 Å². The summed E-state index contributed by atoms with van der Waals surface area (Å²) in [5, 5.41) is 0. The third kappa shape index (κ3) is 3.13. The molecule has 3 nitrogen and oxygen atoms in total. The van der Waals surface area contributed by atoms with E-state index in [2.05, 4.69) is 4.90 Å². The van der Waals surface area contributed by atoms with Crippen LogP contribution in [0.2, 0.25) is 0 Å². The van der Waals surface area contributed by atoms with Gasteiger partial charge in [0.25, 0.3) is 5.56 Å². The van der Waals surface area contributed by atoms with Crippen molar-refractivity contribution in [1.82, 2.24) is 9.47 Å². The van der Waals surface area contributed by atoms with E-state index >= 15 is 0 Å². The van der Waals surface area contributed by atoms with Gasteiger partial charge in [-0.05, 0) is 32.0 Å². The molecule has 1 aromatic rings. The predicted octanol–water partition coefficient (Wildman–Crippen LogP) is 1.96. The minimum absolute atomic E-state index is 0.308. The zero-order valence-corrected chi connectivity index (χ0v) is 9.91. The number of halogens is 3. The smallest absolute Gasteiger partial charge is 0.314 e. The van der Waals surface area contributed by atoms with Gasteiger partial charge in [-0.25, -0.2) is 0 Å². The molecule has 100 valence electrons. The number of alkyl halides is 3. The van der Waals surface area contributed by atoms with E-state index in [1.165, 1.54) is 0 Å². The summed E-state index contributed by atoms with van der Waals surface area (Å²) in [6, 6.07) is 1.81. The van der Waals surface area contributed by atoms with E-state index in [4.69, 9.17) is 0 Å². The summed E-state index contributed by atoms with van der Waals surface area (Å²) in [5.74, 6) is 0. The standard InChI is InChI=1S/C12H15F3N2O/c13-12(14,15)10-3-4-11(18)17(9-10)8-7-16-5-1-2-6-16/h3-4,9H,1-2,5-8H2. The van der Waals surface area contributed by atoms with Gasteiger partial charge in [-0.15, -0.1) is 0 Å². The van der Waals surface area contributed by atoms with Gasteiger partial charge in [0.15, 0.2) is 0 Å². The van der Waals surface area contributed by atoms with Crippen molar-refractivity contribution >= 4 is 0 Å². The number of aromatic nitrogens is 1. The van der Waals surface area contributed by atoms with Gasteiger partial charge in [-0.1, -0.05) is 0 Å². The Balaban J connectivity index is 2.09. The molecule has 0 N–H and O–H groups in total. The quantitative estimate of drug-likeness (QED) is 0.830. The molecule has 1 fully saturated rings. The highest BCUT2D eigenvalue weighted by atomic mass is 19.4. The topological polar surface area (TPSA) is 25.2 Å². The Morgan fingerprint density at radius 3 is 2.39 bits per heavy atom. The van der Waals surface area contributed by atoms with Crippen LogP contribution in [0.15, 0.2) is 23.1 Å². The lowest BCUT2D eigenvalue weighted by Crippen LogP contribution is -2.29. The molecule has 6 heteroatoms. The molecule has 1 aromatic heterocycles. The van der Waals surface area contributed by atoms with Gasteiger partial charge in [0.2, 0.25) is 0 Å². The summed E-state index contributed by atoms with van der Waals surface area (Å²) < 4.78 is 38.7. The van der Waals surface area contributed by atoms with Gasteiger partial charge < -0.3 is 9.47 Å². The van der Waals surface area contributed by atoms with Crippen LogP contribution in [0.5, 0.6) is 0 Å². The molecule has 0 amide bonds. The maximum absolute atomic E-state index is 12.5. The van der Waals surface area contributed by atoms with Crippen molar-refractivity contribution in [3.8, 4) is 0 Å². The second-order valence-electron chi connectivity index (χ2n) is 4.50. The minimum Gasteiger partial charge on any atom is -0.314 e. The number of likely N-dealkylation sites (tertiary alicyclic amines) is 1. The van der Waals surface area contributed by atoms with E-state index in [-0.39, 0.29) is 5.56 Å². The number of pyridine rings is 1. The number of hydrogen-bond donors (Lipinski definition) is 0. The maximum atomic E-state index is 12.5. The Morgan fingerprint density at radius 2 is 1.78 bits per heavy atom. The Bertz CT molecular complexity index is 461. The lowest BCUT2D eigenvalue weighted by molar-refractivity contribution is -0.138. The molecule has 1 aliphatic heterocycles. The van der Waals surface area contributed by atoms with Crippen LogP contribution in [-0.4, -0.2) is 29.1 Å². The van der Waals surface area contributed by atoms with Crippen molar-refractivity contribution in [3.05, 3.63) is 34.2 Å². The molecule has 0 aromatic carbocycles. The Morgan fingerprint density at radius 1 is 1.11 bits per heavy atom. The lowest BCUT2D eigenvalue weighted by atomic mass is 10.3. The monoisotopic (exact) mass is 260 g/mol. The highest BCUT2D eigenvalue weighted by Gasteiger charge is 2.31. The summed E-state index contributed by atoms with van der Waals surface area (Å²) in [6.07, 6.45) is -1.25. The van der Waals surface area contributed by atoms with Crippen molar-refractivity contribution in [2.45, 2.75) is 25.6 Å². The zero-order valence-electron chi connectivity index (χ0n) is 9.91. The average molecular weight is 260 g/mol. The Labute approximate surface area is 103 Å². The van der Waals surface area contributed by atoms with E-state index in [1.54, 1.807) is 0 Å². The largest absolute Gasteiger partial charge is 0.417 e. The van der Waals surface area contributed by atoms with Crippen LogP contribution >= 0.6 is 0 Å². The molecule has 0 aliphatic carbocycles. The van der Waals surface area contributed by atoms with Crippen molar-refractivity contribution in [2.75, 3.05) is 19.6 Å². The molecule has 0 unspecified atom stereocenters. The zero-order chi connectivity index (χ0) is 13.2. The summed E-state index contributed by atoms with van der Waals surface area (Å²) in [5.41, 5.74) is -1.16. The summed E-state index contributed by atoms with van der Waals surface area (Å²) in [6.45, 7) is 2.87. The first-order chi connectivity index (χ1) is 8.47. The highest BCUT2D eigenvalue weighted by molar-refractivity contribution is 5.13. The lowest BCUT2D eigenvalue weighted by Gasteiger charge is -2.16. The van der Waals surface area contributed by atoms with Gasteiger partial charge in [0.05, 0.1) is 5.56 Å². The van der Waals surface area contributed by atoms with Gasteiger partial charge in [-0.2, -0.15) is 13.2 Å². The molecule has 0 saturated carbocycles. The van der Waals surface area contributed by atoms with Gasteiger partial charge in [-0.3, -0.25) is 4.79 Å². The molecule has 0 radical (unpaired) electrons. The van der Waals surface area contributed by atoms with Crippen LogP contribution in [-0.2, 0) is 12.7 Å². The van der Waals surface area contributed by atoms with Crippen LogP contribution in [0.4, 0.5) is 13.2 Å². The van der Waals surface area contributed by atoms with Gasteiger partial charge in [0.1, 0.15) is 0 Å². The van der Waals surface area contributed by atoms with E-state index < -0.39 is 11.7 Å². The molecule has 2 heterocycles. The molecule has 1 aliphatic rings. The molecule has 1 saturated heterocycles. The van der Waals surface area contributed by atoms with Crippen molar-refractivity contribution in [2.24, 2.45) is 0 Å². The third-order valence-electron chi connectivity index (χ3n) is 3.17. The normalized spacial score (nSPS) is 17.3. The summed E-state index contributed by atoms with van der Waals surface area (Å²) in [4.78, 5) is 13.6. The van der Waals surface area contributed by atoms with Crippen LogP contribution in [0.1, 0.15) is 18.4 Å². The van der Waals surface area contributed by atoms with Crippen LogP contribution in [0.25, 0.3) is 0 Å². The molecule has 0 spiro atoms. The Hall–Kier alpha value is -1.30. The fraction of sp³-hybridized carbons (Fsp3) is 0.583. The molecule has 0 bridgehead atoms.